The van der Waals surface area contributed by atoms with Crippen molar-refractivity contribution in [1.29, 1.82) is 5.26 Å². The summed E-state index contributed by atoms with van der Waals surface area (Å²) in [4.78, 5) is 5.08. The first-order valence-electron chi connectivity index (χ1n) is 8.93. The lowest BCUT2D eigenvalue weighted by atomic mass is 9.99. The lowest BCUT2D eigenvalue weighted by molar-refractivity contribution is 0.0375. The van der Waals surface area contributed by atoms with E-state index in [0.717, 1.165) is 57.8 Å². The molecule has 0 saturated carbocycles. The van der Waals surface area contributed by atoms with Crippen LogP contribution in [-0.2, 0) is 13.1 Å². The highest BCUT2D eigenvalue weighted by atomic mass is 16.3. The Morgan fingerprint density at radius 1 is 1.17 bits per heavy atom. The van der Waals surface area contributed by atoms with Crippen molar-refractivity contribution in [3.05, 3.63) is 23.5 Å². The molecule has 23 heavy (non-hydrogen) atoms. The van der Waals surface area contributed by atoms with Gasteiger partial charge in [0.2, 0.25) is 0 Å². The summed E-state index contributed by atoms with van der Waals surface area (Å²) < 4.78 is 2.03. The van der Waals surface area contributed by atoms with Crippen molar-refractivity contribution in [3.8, 4) is 6.07 Å². The SMILES string of the molecule is CCn1cc(CN2CCC(N3CCC(O)CC3)CC2)cc1C#N. The van der Waals surface area contributed by atoms with Gasteiger partial charge in [-0.15, -0.1) is 0 Å². The molecule has 2 saturated heterocycles. The lowest BCUT2D eigenvalue weighted by Gasteiger charge is -2.41. The zero-order chi connectivity index (χ0) is 16.2. The molecule has 0 unspecified atom stereocenters. The molecule has 0 aliphatic carbocycles. The largest absolute Gasteiger partial charge is 0.393 e. The average Bonchev–Trinajstić information content (AvgIpc) is 2.98. The third kappa shape index (κ3) is 3.95. The number of likely N-dealkylation sites (tertiary alicyclic amines) is 2. The van der Waals surface area contributed by atoms with Crippen LogP contribution in [0.5, 0.6) is 0 Å². The molecule has 0 spiro atoms. The second kappa shape index (κ2) is 7.48. The zero-order valence-electron chi connectivity index (χ0n) is 14.1. The Morgan fingerprint density at radius 2 is 1.87 bits per heavy atom. The van der Waals surface area contributed by atoms with Crippen LogP contribution in [-0.4, -0.2) is 57.8 Å². The first-order valence-corrected chi connectivity index (χ1v) is 8.93. The Balaban J connectivity index is 1.49. The lowest BCUT2D eigenvalue weighted by Crippen LogP contribution is -2.48. The fraction of sp³-hybridized carbons (Fsp3) is 0.722. The Bertz CT molecular complexity index is 546. The van der Waals surface area contributed by atoms with E-state index in [0.29, 0.717) is 6.04 Å². The maximum atomic E-state index is 9.64. The smallest absolute Gasteiger partial charge is 0.120 e. The first kappa shape index (κ1) is 16.5. The van der Waals surface area contributed by atoms with Gasteiger partial charge in [-0.1, -0.05) is 0 Å². The summed E-state index contributed by atoms with van der Waals surface area (Å²) in [5, 5.41) is 18.8. The molecular formula is C18H28N4O. The van der Waals surface area contributed by atoms with Crippen molar-refractivity contribution >= 4 is 0 Å². The summed E-state index contributed by atoms with van der Waals surface area (Å²) in [5.74, 6) is 0. The zero-order valence-corrected chi connectivity index (χ0v) is 14.1. The Kier molecular flexibility index (Phi) is 5.37. The molecule has 1 N–H and O–H groups in total. The Labute approximate surface area is 139 Å². The van der Waals surface area contributed by atoms with Gasteiger partial charge in [0.1, 0.15) is 11.8 Å². The van der Waals surface area contributed by atoms with E-state index in [1.807, 2.05) is 10.6 Å². The average molecular weight is 316 g/mol. The van der Waals surface area contributed by atoms with Gasteiger partial charge in [0.25, 0.3) is 0 Å². The van der Waals surface area contributed by atoms with Gasteiger partial charge in [0.15, 0.2) is 0 Å². The molecule has 3 heterocycles. The van der Waals surface area contributed by atoms with E-state index in [4.69, 9.17) is 5.26 Å². The number of aliphatic hydroxyl groups excluding tert-OH is 1. The Hall–Kier alpha value is -1.35. The van der Waals surface area contributed by atoms with Crippen molar-refractivity contribution in [3.63, 3.8) is 0 Å². The molecule has 0 radical (unpaired) electrons. The molecule has 0 amide bonds. The summed E-state index contributed by atoms with van der Waals surface area (Å²) in [7, 11) is 0. The van der Waals surface area contributed by atoms with E-state index in [2.05, 4.69) is 29.0 Å². The van der Waals surface area contributed by atoms with Crippen LogP contribution in [0.25, 0.3) is 0 Å². The Morgan fingerprint density at radius 3 is 2.43 bits per heavy atom. The summed E-state index contributed by atoms with van der Waals surface area (Å²) in [6, 6.07) is 4.99. The van der Waals surface area contributed by atoms with Gasteiger partial charge in [-0.3, -0.25) is 4.90 Å². The number of aromatic nitrogens is 1. The maximum absolute atomic E-state index is 9.64. The molecule has 2 aliphatic heterocycles. The van der Waals surface area contributed by atoms with Gasteiger partial charge in [-0.25, -0.2) is 0 Å². The molecule has 5 nitrogen and oxygen atoms in total. The minimum absolute atomic E-state index is 0.0803. The third-order valence-electron chi connectivity index (χ3n) is 5.39. The van der Waals surface area contributed by atoms with Crippen molar-refractivity contribution in [1.82, 2.24) is 14.4 Å². The maximum Gasteiger partial charge on any atom is 0.120 e. The highest BCUT2D eigenvalue weighted by Crippen LogP contribution is 2.22. The molecule has 126 valence electrons. The summed E-state index contributed by atoms with van der Waals surface area (Å²) >= 11 is 0. The number of aryl methyl sites for hydroxylation is 1. The van der Waals surface area contributed by atoms with E-state index >= 15 is 0 Å². The van der Waals surface area contributed by atoms with E-state index in [9.17, 15) is 5.11 Å². The highest BCUT2D eigenvalue weighted by molar-refractivity contribution is 5.28. The quantitative estimate of drug-likeness (QED) is 0.920. The minimum atomic E-state index is -0.0803. The topological polar surface area (TPSA) is 55.4 Å². The van der Waals surface area contributed by atoms with Gasteiger partial charge >= 0.3 is 0 Å². The first-order chi connectivity index (χ1) is 11.2. The second-order valence-corrected chi connectivity index (χ2v) is 6.91. The summed E-state index contributed by atoms with van der Waals surface area (Å²) in [5.41, 5.74) is 2.02. The number of hydrogen-bond donors (Lipinski definition) is 1. The predicted molar refractivity (Wildman–Crippen MR) is 89.9 cm³/mol. The van der Waals surface area contributed by atoms with Crippen molar-refractivity contribution in [2.75, 3.05) is 26.2 Å². The van der Waals surface area contributed by atoms with Crippen LogP contribution in [0.3, 0.4) is 0 Å². The van der Waals surface area contributed by atoms with Crippen LogP contribution in [0.4, 0.5) is 0 Å². The monoisotopic (exact) mass is 316 g/mol. The molecule has 0 aromatic carbocycles. The number of aliphatic hydroxyl groups is 1. The number of nitrogens with zero attached hydrogens (tertiary/aromatic N) is 4. The van der Waals surface area contributed by atoms with Crippen molar-refractivity contribution < 1.29 is 5.11 Å². The van der Waals surface area contributed by atoms with Gasteiger partial charge in [0.05, 0.1) is 6.10 Å². The van der Waals surface area contributed by atoms with Gasteiger partial charge in [-0.2, -0.15) is 5.26 Å². The van der Waals surface area contributed by atoms with Crippen LogP contribution >= 0.6 is 0 Å². The van der Waals surface area contributed by atoms with E-state index in [1.165, 1.54) is 18.4 Å². The molecule has 2 aliphatic rings. The van der Waals surface area contributed by atoms with Gasteiger partial charge in [-0.05, 0) is 57.3 Å². The van der Waals surface area contributed by atoms with Crippen LogP contribution in [0, 0.1) is 11.3 Å². The van der Waals surface area contributed by atoms with Crippen molar-refractivity contribution in [2.24, 2.45) is 0 Å². The molecular weight excluding hydrogens is 288 g/mol. The molecule has 3 rings (SSSR count). The predicted octanol–water partition coefficient (Wildman–Crippen LogP) is 1.80. The molecule has 5 heteroatoms. The van der Waals surface area contributed by atoms with E-state index < -0.39 is 0 Å². The van der Waals surface area contributed by atoms with Crippen LogP contribution in [0.15, 0.2) is 12.3 Å². The fourth-order valence-electron chi connectivity index (χ4n) is 3.96. The standard InChI is InChI=1S/C18H28N4O/c1-2-21-14-15(11-17(21)12-19)13-20-7-3-16(4-8-20)22-9-5-18(23)6-10-22/h11,14,16,18,23H,2-10,13H2,1H3. The van der Waals surface area contributed by atoms with Crippen molar-refractivity contribution in [2.45, 2.75) is 57.8 Å². The number of rotatable bonds is 4. The summed E-state index contributed by atoms with van der Waals surface area (Å²) in [6.07, 6.45) is 6.34. The van der Waals surface area contributed by atoms with Crippen LogP contribution in [0.1, 0.15) is 43.9 Å². The molecule has 1 aromatic heterocycles. The number of hydrogen-bond acceptors (Lipinski definition) is 4. The molecule has 0 bridgehead atoms. The summed E-state index contributed by atoms with van der Waals surface area (Å²) in [6.45, 7) is 8.24. The minimum Gasteiger partial charge on any atom is -0.393 e. The van der Waals surface area contributed by atoms with Gasteiger partial charge < -0.3 is 14.6 Å². The third-order valence-corrected chi connectivity index (χ3v) is 5.39. The number of nitriles is 1. The molecule has 1 aromatic rings. The normalized spacial score (nSPS) is 22.3. The van der Waals surface area contributed by atoms with Crippen LogP contribution in [0.2, 0.25) is 0 Å². The fourth-order valence-corrected chi connectivity index (χ4v) is 3.96. The molecule has 2 fully saturated rings. The second-order valence-electron chi connectivity index (χ2n) is 6.91. The van der Waals surface area contributed by atoms with Gasteiger partial charge in [0, 0.05) is 38.4 Å². The van der Waals surface area contributed by atoms with Crippen LogP contribution < -0.4 is 0 Å². The molecule has 0 atom stereocenters. The van der Waals surface area contributed by atoms with E-state index in [1.54, 1.807) is 0 Å². The van der Waals surface area contributed by atoms with E-state index in [-0.39, 0.29) is 6.10 Å². The number of piperidine rings is 2. The highest BCUT2D eigenvalue weighted by Gasteiger charge is 2.27.